The predicted octanol–water partition coefficient (Wildman–Crippen LogP) is 4.01. The highest BCUT2D eigenvalue weighted by Crippen LogP contribution is 2.39. The zero-order valence-electron chi connectivity index (χ0n) is 9.18. The van der Waals surface area contributed by atoms with Gasteiger partial charge in [-0.3, -0.25) is 0 Å². The first kappa shape index (κ1) is 12.8. The molecule has 0 amide bonds. The van der Waals surface area contributed by atoms with Gasteiger partial charge in [0, 0.05) is 18.8 Å². The van der Waals surface area contributed by atoms with Crippen molar-refractivity contribution in [3.05, 3.63) is 35.8 Å². The Hall–Kier alpha value is -1.63. The summed E-state index contributed by atoms with van der Waals surface area (Å²) in [6, 6.07) is 2.61. The van der Waals surface area contributed by atoms with Crippen molar-refractivity contribution in [3.8, 4) is 10.4 Å². The van der Waals surface area contributed by atoms with E-state index in [0.29, 0.717) is 16.1 Å². The summed E-state index contributed by atoms with van der Waals surface area (Å²) in [4.78, 5) is 4.24. The van der Waals surface area contributed by atoms with Crippen molar-refractivity contribution in [2.45, 2.75) is 6.18 Å². The van der Waals surface area contributed by atoms with Crippen molar-refractivity contribution >= 4 is 16.5 Å². The van der Waals surface area contributed by atoms with Gasteiger partial charge in [-0.25, -0.2) is 9.37 Å². The highest BCUT2D eigenvalue weighted by atomic mass is 32.1. The average molecular weight is 276 g/mol. The number of alkyl halides is 3. The minimum Gasteiger partial charge on any atom is -0.365 e. The average Bonchev–Trinajstić information content (AvgIpc) is 2.76. The van der Waals surface area contributed by atoms with E-state index < -0.39 is 17.6 Å². The summed E-state index contributed by atoms with van der Waals surface area (Å²) < 4.78 is 51.4. The maximum atomic E-state index is 12.9. The van der Waals surface area contributed by atoms with E-state index in [1.165, 1.54) is 6.20 Å². The van der Waals surface area contributed by atoms with Crippen LogP contribution in [-0.4, -0.2) is 12.0 Å². The van der Waals surface area contributed by atoms with E-state index in [0.717, 1.165) is 23.5 Å². The fourth-order valence-electron chi connectivity index (χ4n) is 1.48. The zero-order valence-corrected chi connectivity index (χ0v) is 9.99. The molecule has 0 atom stereocenters. The molecule has 2 rings (SSSR count). The van der Waals surface area contributed by atoms with Crippen LogP contribution in [0, 0.1) is 5.82 Å². The third-order valence-electron chi connectivity index (χ3n) is 2.27. The standard InChI is InChI=1S/C11H8F4N2S/c1-16-10-17-5-9(18-10)7-3-2-6(12)4-8(7)11(13,14)15/h2-5H,1H3,(H,16,17). The number of aromatic nitrogens is 1. The third kappa shape index (κ3) is 2.45. The number of thiazole rings is 1. The summed E-state index contributed by atoms with van der Waals surface area (Å²) in [5, 5.41) is 3.24. The highest BCUT2D eigenvalue weighted by Gasteiger charge is 2.34. The monoisotopic (exact) mass is 276 g/mol. The van der Waals surface area contributed by atoms with Crippen molar-refractivity contribution in [2.24, 2.45) is 0 Å². The van der Waals surface area contributed by atoms with Crippen molar-refractivity contribution in [2.75, 3.05) is 12.4 Å². The molecular weight excluding hydrogens is 268 g/mol. The van der Waals surface area contributed by atoms with Gasteiger partial charge in [-0.15, -0.1) is 0 Å². The smallest absolute Gasteiger partial charge is 0.365 e. The number of anilines is 1. The molecule has 0 saturated heterocycles. The van der Waals surface area contributed by atoms with E-state index in [-0.39, 0.29) is 5.56 Å². The number of benzene rings is 1. The van der Waals surface area contributed by atoms with E-state index in [2.05, 4.69) is 10.3 Å². The lowest BCUT2D eigenvalue weighted by molar-refractivity contribution is -0.137. The molecular formula is C11H8F4N2S. The van der Waals surface area contributed by atoms with Gasteiger partial charge in [0.2, 0.25) is 0 Å². The molecule has 1 aromatic heterocycles. The van der Waals surface area contributed by atoms with Crippen LogP contribution >= 0.6 is 11.3 Å². The summed E-state index contributed by atoms with van der Waals surface area (Å²) >= 11 is 1.08. The molecule has 0 unspecified atom stereocenters. The Morgan fingerprint density at radius 3 is 2.56 bits per heavy atom. The number of nitrogens with one attached hydrogen (secondary N) is 1. The molecule has 0 bridgehead atoms. The molecule has 7 heteroatoms. The number of rotatable bonds is 2. The largest absolute Gasteiger partial charge is 0.417 e. The molecule has 0 aliphatic heterocycles. The molecule has 1 aromatic carbocycles. The molecule has 96 valence electrons. The lowest BCUT2D eigenvalue weighted by Gasteiger charge is -2.11. The van der Waals surface area contributed by atoms with E-state index in [1.54, 1.807) is 7.05 Å². The van der Waals surface area contributed by atoms with Gasteiger partial charge in [-0.2, -0.15) is 13.2 Å². The Kier molecular flexibility index (Phi) is 3.25. The summed E-state index contributed by atoms with van der Waals surface area (Å²) in [5.74, 6) is -0.913. The molecule has 0 aliphatic carbocycles. The molecule has 0 aliphatic rings. The van der Waals surface area contributed by atoms with E-state index in [9.17, 15) is 17.6 Å². The minimum absolute atomic E-state index is 0.0668. The van der Waals surface area contributed by atoms with Crippen molar-refractivity contribution in [1.29, 1.82) is 0 Å². The van der Waals surface area contributed by atoms with Crippen LogP contribution < -0.4 is 5.32 Å². The lowest BCUT2D eigenvalue weighted by atomic mass is 10.1. The Morgan fingerprint density at radius 2 is 2.00 bits per heavy atom. The van der Waals surface area contributed by atoms with Gasteiger partial charge in [0.05, 0.1) is 10.4 Å². The number of hydrogen-bond acceptors (Lipinski definition) is 3. The molecule has 0 fully saturated rings. The number of hydrogen-bond donors (Lipinski definition) is 1. The maximum Gasteiger partial charge on any atom is 0.417 e. The zero-order chi connectivity index (χ0) is 13.3. The van der Waals surface area contributed by atoms with Crippen LogP contribution in [0.5, 0.6) is 0 Å². The Bertz CT molecular complexity index is 562. The van der Waals surface area contributed by atoms with Crippen molar-refractivity contribution < 1.29 is 17.6 Å². The quantitative estimate of drug-likeness (QED) is 0.838. The van der Waals surface area contributed by atoms with Crippen molar-refractivity contribution in [3.63, 3.8) is 0 Å². The van der Waals surface area contributed by atoms with Crippen molar-refractivity contribution in [1.82, 2.24) is 4.98 Å². The first-order valence-electron chi connectivity index (χ1n) is 4.92. The molecule has 0 spiro atoms. The van der Waals surface area contributed by atoms with Gasteiger partial charge >= 0.3 is 6.18 Å². The second-order valence-corrected chi connectivity index (χ2v) is 4.50. The van der Waals surface area contributed by atoms with Crippen LogP contribution in [-0.2, 0) is 6.18 Å². The predicted molar refractivity (Wildman–Crippen MR) is 62.1 cm³/mol. The van der Waals surface area contributed by atoms with Crippen LogP contribution in [0.2, 0.25) is 0 Å². The third-order valence-corrected chi connectivity index (χ3v) is 3.32. The molecule has 2 nitrogen and oxygen atoms in total. The molecule has 0 saturated carbocycles. The van der Waals surface area contributed by atoms with Crippen LogP contribution in [0.3, 0.4) is 0 Å². The Balaban J connectivity index is 2.56. The summed E-state index contributed by atoms with van der Waals surface area (Å²) in [7, 11) is 1.62. The fourth-order valence-corrected chi connectivity index (χ4v) is 2.29. The van der Waals surface area contributed by atoms with Crippen LogP contribution in [0.15, 0.2) is 24.4 Å². The second-order valence-electron chi connectivity index (χ2n) is 3.47. The minimum atomic E-state index is -4.60. The summed E-state index contributed by atoms with van der Waals surface area (Å²) in [5.41, 5.74) is -1.06. The fraction of sp³-hybridized carbons (Fsp3) is 0.182. The summed E-state index contributed by atoms with van der Waals surface area (Å²) in [6.07, 6.45) is -3.26. The molecule has 18 heavy (non-hydrogen) atoms. The van der Waals surface area contributed by atoms with Crippen LogP contribution in [0.25, 0.3) is 10.4 Å². The van der Waals surface area contributed by atoms with Gasteiger partial charge in [0.25, 0.3) is 0 Å². The number of nitrogens with zero attached hydrogens (tertiary/aromatic N) is 1. The van der Waals surface area contributed by atoms with Gasteiger partial charge < -0.3 is 5.32 Å². The molecule has 1 N–H and O–H groups in total. The maximum absolute atomic E-state index is 12.9. The first-order valence-corrected chi connectivity index (χ1v) is 5.74. The molecule has 1 heterocycles. The van der Waals surface area contributed by atoms with E-state index in [4.69, 9.17) is 0 Å². The second kappa shape index (κ2) is 4.56. The Morgan fingerprint density at radius 1 is 1.28 bits per heavy atom. The topological polar surface area (TPSA) is 24.9 Å². The van der Waals surface area contributed by atoms with Crippen LogP contribution in [0.1, 0.15) is 5.56 Å². The van der Waals surface area contributed by atoms with E-state index >= 15 is 0 Å². The Labute approximate surface area is 104 Å². The van der Waals surface area contributed by atoms with Gasteiger partial charge in [-0.1, -0.05) is 11.3 Å². The lowest BCUT2D eigenvalue weighted by Crippen LogP contribution is -2.07. The van der Waals surface area contributed by atoms with Crippen LogP contribution in [0.4, 0.5) is 22.7 Å². The van der Waals surface area contributed by atoms with E-state index in [1.807, 2.05) is 0 Å². The normalized spacial score (nSPS) is 11.6. The summed E-state index contributed by atoms with van der Waals surface area (Å²) in [6.45, 7) is 0. The van der Waals surface area contributed by atoms with Gasteiger partial charge in [0.15, 0.2) is 5.13 Å². The highest BCUT2D eigenvalue weighted by molar-refractivity contribution is 7.18. The molecule has 2 aromatic rings. The SMILES string of the molecule is CNc1ncc(-c2ccc(F)cc2C(F)(F)F)s1. The van der Waals surface area contributed by atoms with Gasteiger partial charge in [0.1, 0.15) is 5.82 Å². The van der Waals surface area contributed by atoms with Gasteiger partial charge in [-0.05, 0) is 18.2 Å². The number of halogens is 4. The first-order chi connectivity index (χ1) is 8.41. The molecule has 0 radical (unpaired) electrons.